The molecule has 2 heterocycles. The van der Waals surface area contributed by atoms with Gasteiger partial charge in [-0.2, -0.15) is 0 Å². The van der Waals surface area contributed by atoms with Crippen molar-refractivity contribution in [2.45, 2.75) is 17.4 Å². The molecule has 3 aromatic rings. The van der Waals surface area contributed by atoms with Crippen molar-refractivity contribution in [2.75, 3.05) is 12.9 Å². The predicted molar refractivity (Wildman–Crippen MR) is 105 cm³/mol. The number of carbonyl (C=O) groups is 1. The Bertz CT molecular complexity index is 989. The highest BCUT2D eigenvalue weighted by Gasteiger charge is 2.25. The van der Waals surface area contributed by atoms with Gasteiger partial charge in [0.1, 0.15) is 5.75 Å². The fourth-order valence-corrected chi connectivity index (χ4v) is 4.39. The minimum Gasteiger partial charge on any atom is -0.496 e. The van der Waals surface area contributed by atoms with E-state index in [4.69, 9.17) is 20.9 Å². The number of aromatic nitrogens is 1. The fraction of sp³-hybridized carbons (Fsp3) is 0.200. The highest BCUT2D eigenvalue weighted by Crippen LogP contribution is 2.37. The van der Waals surface area contributed by atoms with Gasteiger partial charge in [-0.3, -0.25) is 4.79 Å². The van der Waals surface area contributed by atoms with Crippen molar-refractivity contribution in [3.63, 3.8) is 0 Å². The second kappa shape index (κ2) is 7.66. The van der Waals surface area contributed by atoms with Crippen LogP contribution in [0.2, 0.25) is 5.02 Å². The number of ether oxygens (including phenoxy) is 1. The lowest BCUT2D eigenvalue weighted by molar-refractivity contribution is 0.0926. The molecule has 0 aliphatic carbocycles. The summed E-state index contributed by atoms with van der Waals surface area (Å²) in [6.45, 7) is 0. The van der Waals surface area contributed by atoms with E-state index in [2.05, 4.69) is 10.5 Å². The third kappa shape index (κ3) is 3.68. The number of hydrogen-bond acceptors (Lipinski definition) is 5. The van der Waals surface area contributed by atoms with E-state index in [0.717, 1.165) is 28.2 Å². The van der Waals surface area contributed by atoms with Crippen LogP contribution in [0.1, 0.15) is 28.5 Å². The Morgan fingerprint density at radius 2 is 2.15 bits per heavy atom. The Morgan fingerprint density at radius 3 is 3.00 bits per heavy atom. The summed E-state index contributed by atoms with van der Waals surface area (Å²) in [6.07, 6.45) is 0.834. The first-order valence-electron chi connectivity index (χ1n) is 8.49. The van der Waals surface area contributed by atoms with Gasteiger partial charge in [-0.15, -0.1) is 11.8 Å². The van der Waals surface area contributed by atoms with Gasteiger partial charge >= 0.3 is 0 Å². The second-order valence-electron chi connectivity index (χ2n) is 6.12. The summed E-state index contributed by atoms with van der Waals surface area (Å²) >= 11 is 7.91. The molecule has 0 radical (unpaired) electrons. The van der Waals surface area contributed by atoms with Crippen LogP contribution in [0.3, 0.4) is 0 Å². The molecule has 4 rings (SSSR count). The molecule has 5 nitrogen and oxygen atoms in total. The van der Waals surface area contributed by atoms with E-state index < -0.39 is 0 Å². The topological polar surface area (TPSA) is 64.4 Å². The van der Waals surface area contributed by atoms with Crippen molar-refractivity contribution in [2.24, 2.45) is 0 Å². The van der Waals surface area contributed by atoms with Crippen molar-refractivity contribution in [1.82, 2.24) is 10.5 Å². The van der Waals surface area contributed by atoms with Gasteiger partial charge in [-0.1, -0.05) is 28.9 Å². The molecule has 2 aromatic carbocycles. The number of rotatable bonds is 4. The standard InChI is InChI=1S/C20H17ClN2O3S/c1-25-17-5-3-2-4-13(17)18-11-16(23-26-18)20(24)22-15-8-9-27-19-7-6-12(21)10-14(15)19/h2-7,10-11,15H,8-9H2,1H3,(H,22,24). The first-order valence-corrected chi connectivity index (χ1v) is 9.85. The van der Waals surface area contributed by atoms with Gasteiger partial charge in [-0.25, -0.2) is 0 Å². The summed E-state index contributed by atoms with van der Waals surface area (Å²) in [7, 11) is 1.59. The minimum absolute atomic E-state index is 0.0983. The van der Waals surface area contributed by atoms with Crippen LogP contribution in [0.4, 0.5) is 0 Å². The average molecular weight is 401 g/mol. The third-order valence-electron chi connectivity index (χ3n) is 4.43. The van der Waals surface area contributed by atoms with Crippen LogP contribution >= 0.6 is 23.4 Å². The van der Waals surface area contributed by atoms with Gasteiger partial charge in [0.05, 0.1) is 18.7 Å². The number of para-hydroxylation sites is 1. The van der Waals surface area contributed by atoms with Gasteiger partial charge in [0.25, 0.3) is 5.91 Å². The number of benzene rings is 2. The van der Waals surface area contributed by atoms with Crippen molar-refractivity contribution in [1.29, 1.82) is 0 Å². The summed E-state index contributed by atoms with van der Waals surface area (Å²) in [5, 5.41) is 7.64. The molecule has 0 spiro atoms. The molecule has 0 fully saturated rings. The maximum atomic E-state index is 12.7. The second-order valence-corrected chi connectivity index (χ2v) is 7.70. The molecule has 1 atom stereocenters. The summed E-state index contributed by atoms with van der Waals surface area (Å²) < 4.78 is 10.7. The number of amides is 1. The van der Waals surface area contributed by atoms with Crippen LogP contribution in [-0.4, -0.2) is 23.9 Å². The van der Waals surface area contributed by atoms with Crippen molar-refractivity contribution < 1.29 is 14.1 Å². The average Bonchev–Trinajstić information content (AvgIpc) is 3.18. The van der Waals surface area contributed by atoms with Gasteiger partial charge in [0, 0.05) is 21.7 Å². The van der Waals surface area contributed by atoms with E-state index >= 15 is 0 Å². The number of hydrogen-bond donors (Lipinski definition) is 1. The minimum atomic E-state index is -0.275. The highest BCUT2D eigenvalue weighted by atomic mass is 35.5. The normalized spacial score (nSPS) is 15.9. The molecule has 1 unspecified atom stereocenters. The summed E-state index contributed by atoms with van der Waals surface area (Å²) in [4.78, 5) is 13.8. The van der Waals surface area contributed by atoms with Crippen molar-refractivity contribution in [3.05, 3.63) is 64.8 Å². The number of nitrogens with zero attached hydrogens (tertiary/aromatic N) is 1. The SMILES string of the molecule is COc1ccccc1-c1cc(C(=O)NC2CCSc3ccc(Cl)cc32)no1. The molecule has 138 valence electrons. The van der Waals surface area contributed by atoms with Crippen LogP contribution in [0.5, 0.6) is 5.75 Å². The number of nitrogens with one attached hydrogen (secondary N) is 1. The van der Waals surface area contributed by atoms with E-state index in [1.54, 1.807) is 24.9 Å². The largest absolute Gasteiger partial charge is 0.496 e. The molecular weight excluding hydrogens is 384 g/mol. The summed E-state index contributed by atoms with van der Waals surface area (Å²) in [5.41, 5.74) is 2.02. The first kappa shape index (κ1) is 17.9. The first-order chi connectivity index (χ1) is 13.2. The van der Waals surface area contributed by atoms with Gasteiger partial charge in [-0.05, 0) is 42.3 Å². The quantitative estimate of drug-likeness (QED) is 0.669. The zero-order valence-electron chi connectivity index (χ0n) is 14.6. The maximum Gasteiger partial charge on any atom is 0.273 e. The number of thioether (sulfide) groups is 1. The van der Waals surface area contributed by atoms with Crippen molar-refractivity contribution >= 4 is 29.3 Å². The van der Waals surface area contributed by atoms with Gasteiger partial charge in [0.2, 0.25) is 0 Å². The van der Waals surface area contributed by atoms with E-state index in [-0.39, 0.29) is 17.6 Å². The number of halogens is 1. The maximum absolute atomic E-state index is 12.7. The van der Waals surface area contributed by atoms with Crippen molar-refractivity contribution in [3.8, 4) is 17.1 Å². The lowest BCUT2D eigenvalue weighted by Crippen LogP contribution is -2.30. The van der Waals surface area contributed by atoms with Crippen LogP contribution in [0.25, 0.3) is 11.3 Å². The Labute approximate surface area is 166 Å². The third-order valence-corrected chi connectivity index (χ3v) is 5.79. The Hall–Kier alpha value is -2.44. The molecule has 7 heteroatoms. The van der Waals surface area contributed by atoms with Crippen LogP contribution in [0, 0.1) is 0 Å². The zero-order valence-corrected chi connectivity index (χ0v) is 16.1. The molecule has 1 N–H and O–H groups in total. The molecule has 0 bridgehead atoms. The fourth-order valence-electron chi connectivity index (χ4n) is 3.10. The van der Waals surface area contributed by atoms with Crippen LogP contribution < -0.4 is 10.1 Å². The van der Waals surface area contributed by atoms with E-state index in [1.165, 1.54) is 0 Å². The Morgan fingerprint density at radius 1 is 1.30 bits per heavy atom. The molecule has 1 aliphatic rings. The molecule has 1 aliphatic heterocycles. The van der Waals surface area contributed by atoms with E-state index in [9.17, 15) is 4.79 Å². The predicted octanol–water partition coefficient (Wildman–Crippen LogP) is 4.97. The van der Waals surface area contributed by atoms with Gasteiger partial charge < -0.3 is 14.6 Å². The monoisotopic (exact) mass is 400 g/mol. The smallest absolute Gasteiger partial charge is 0.273 e. The van der Waals surface area contributed by atoms with Crippen LogP contribution in [0.15, 0.2) is 57.9 Å². The molecular formula is C20H17ClN2O3S. The molecule has 0 saturated heterocycles. The Kier molecular flexibility index (Phi) is 5.09. The number of methoxy groups -OCH3 is 1. The highest BCUT2D eigenvalue weighted by molar-refractivity contribution is 7.99. The lowest BCUT2D eigenvalue weighted by Gasteiger charge is -2.25. The number of carbonyl (C=O) groups excluding carboxylic acids is 1. The van der Waals surface area contributed by atoms with E-state index in [0.29, 0.717) is 16.5 Å². The summed E-state index contributed by atoms with van der Waals surface area (Å²) in [5.74, 6) is 1.81. The van der Waals surface area contributed by atoms with Crippen LogP contribution in [-0.2, 0) is 0 Å². The summed E-state index contributed by atoms with van der Waals surface area (Å²) in [6, 6.07) is 14.7. The number of fused-ring (bicyclic) bond motifs is 1. The lowest BCUT2D eigenvalue weighted by atomic mass is 10.0. The molecule has 1 aromatic heterocycles. The van der Waals surface area contributed by atoms with Gasteiger partial charge in [0.15, 0.2) is 11.5 Å². The zero-order chi connectivity index (χ0) is 18.8. The Balaban J connectivity index is 1.56. The van der Waals surface area contributed by atoms with E-state index in [1.807, 2.05) is 42.5 Å². The molecule has 0 saturated carbocycles. The molecule has 27 heavy (non-hydrogen) atoms. The molecule has 1 amide bonds.